The van der Waals surface area contributed by atoms with E-state index in [9.17, 15) is 4.79 Å². The van der Waals surface area contributed by atoms with Gasteiger partial charge in [0.05, 0.1) is 18.3 Å². The van der Waals surface area contributed by atoms with E-state index in [-0.39, 0.29) is 12.1 Å². The van der Waals surface area contributed by atoms with E-state index >= 15 is 0 Å². The van der Waals surface area contributed by atoms with Crippen LogP contribution in [0.5, 0.6) is 0 Å². The lowest BCUT2D eigenvalue weighted by molar-refractivity contribution is 0.237. The van der Waals surface area contributed by atoms with Gasteiger partial charge in [0.15, 0.2) is 0 Å². The first-order valence-electron chi connectivity index (χ1n) is 5.71. The molecule has 1 atom stereocenters. The number of aromatic nitrogens is 2. The van der Waals surface area contributed by atoms with Crippen LogP contribution in [0.25, 0.3) is 0 Å². The summed E-state index contributed by atoms with van der Waals surface area (Å²) in [4.78, 5) is 12.9. The molecule has 2 N–H and O–H groups in total. The second kappa shape index (κ2) is 5.68. The first-order chi connectivity index (χ1) is 8.66. The maximum Gasteiger partial charge on any atom is 0.315 e. The molecule has 0 saturated carbocycles. The van der Waals surface area contributed by atoms with Gasteiger partial charge in [-0.2, -0.15) is 5.10 Å². The van der Waals surface area contributed by atoms with Crippen LogP contribution in [0.2, 0.25) is 0 Å². The van der Waals surface area contributed by atoms with Crippen LogP contribution >= 0.6 is 11.3 Å². The van der Waals surface area contributed by atoms with E-state index in [1.54, 1.807) is 22.2 Å². The Balaban J connectivity index is 1.81. The van der Waals surface area contributed by atoms with Gasteiger partial charge in [-0.3, -0.25) is 4.68 Å². The summed E-state index contributed by atoms with van der Waals surface area (Å²) in [6.07, 6.45) is 1.71. The Kier molecular flexibility index (Phi) is 3.99. The van der Waals surface area contributed by atoms with Crippen molar-refractivity contribution in [2.24, 2.45) is 7.05 Å². The maximum atomic E-state index is 11.7. The molecule has 5 nitrogen and oxygen atoms in total. The number of carbonyl (C=O) groups is 1. The number of amides is 2. The largest absolute Gasteiger partial charge is 0.333 e. The van der Waals surface area contributed by atoms with Gasteiger partial charge in [-0.1, -0.05) is 6.07 Å². The smallest absolute Gasteiger partial charge is 0.315 e. The van der Waals surface area contributed by atoms with Crippen molar-refractivity contribution in [3.05, 3.63) is 40.3 Å². The number of urea groups is 1. The molecule has 2 amide bonds. The number of hydrogen-bond donors (Lipinski definition) is 2. The molecule has 0 fully saturated rings. The van der Waals surface area contributed by atoms with Gasteiger partial charge in [0.25, 0.3) is 0 Å². The standard InChI is InChI=1S/C12H16N4OS/c1-9(11-4-3-7-18-11)15-12(17)13-8-10-5-6-14-16(10)2/h3-7,9H,8H2,1-2H3,(H2,13,15,17)/t9-/m1/s1. The van der Waals surface area contributed by atoms with Crippen molar-refractivity contribution >= 4 is 17.4 Å². The first kappa shape index (κ1) is 12.6. The molecule has 0 unspecified atom stereocenters. The topological polar surface area (TPSA) is 59.0 Å². The zero-order valence-electron chi connectivity index (χ0n) is 10.4. The molecule has 0 spiro atoms. The van der Waals surface area contributed by atoms with Crippen molar-refractivity contribution < 1.29 is 4.79 Å². The fourth-order valence-corrected chi connectivity index (χ4v) is 2.34. The average Bonchev–Trinajstić information content (AvgIpc) is 2.97. The summed E-state index contributed by atoms with van der Waals surface area (Å²) in [6.45, 7) is 2.44. The molecule has 96 valence electrons. The Bertz CT molecular complexity index is 506. The second-order valence-corrected chi connectivity index (χ2v) is 4.99. The molecule has 0 radical (unpaired) electrons. The average molecular weight is 264 g/mol. The van der Waals surface area contributed by atoms with Gasteiger partial charge in [-0.05, 0) is 24.4 Å². The number of thiophene rings is 1. The van der Waals surface area contributed by atoms with Crippen LogP contribution in [-0.4, -0.2) is 15.8 Å². The van der Waals surface area contributed by atoms with Crippen LogP contribution in [0.1, 0.15) is 23.5 Å². The van der Waals surface area contributed by atoms with Gasteiger partial charge in [0.2, 0.25) is 0 Å². The molecule has 2 rings (SSSR count). The molecular formula is C12H16N4OS. The zero-order chi connectivity index (χ0) is 13.0. The van der Waals surface area contributed by atoms with Crippen molar-refractivity contribution in [2.45, 2.75) is 19.5 Å². The summed E-state index contributed by atoms with van der Waals surface area (Å²) in [5.74, 6) is 0. The van der Waals surface area contributed by atoms with Crippen LogP contribution in [0.4, 0.5) is 4.79 Å². The number of aryl methyl sites for hydroxylation is 1. The third-order valence-corrected chi connectivity index (χ3v) is 3.73. The van der Waals surface area contributed by atoms with Crippen molar-refractivity contribution in [3.8, 4) is 0 Å². The van der Waals surface area contributed by atoms with E-state index in [1.807, 2.05) is 37.6 Å². The van der Waals surface area contributed by atoms with Crippen LogP contribution in [0.3, 0.4) is 0 Å². The lowest BCUT2D eigenvalue weighted by atomic mass is 10.3. The minimum atomic E-state index is -0.169. The Morgan fingerprint density at radius 2 is 2.39 bits per heavy atom. The lowest BCUT2D eigenvalue weighted by Gasteiger charge is -2.13. The lowest BCUT2D eigenvalue weighted by Crippen LogP contribution is -2.36. The quantitative estimate of drug-likeness (QED) is 0.888. The highest BCUT2D eigenvalue weighted by atomic mass is 32.1. The van der Waals surface area contributed by atoms with Gasteiger partial charge < -0.3 is 10.6 Å². The first-order valence-corrected chi connectivity index (χ1v) is 6.59. The maximum absolute atomic E-state index is 11.7. The van der Waals surface area contributed by atoms with Crippen LogP contribution in [0, 0.1) is 0 Å². The highest BCUT2D eigenvalue weighted by molar-refractivity contribution is 7.10. The molecule has 6 heteroatoms. The molecule has 0 aliphatic rings. The summed E-state index contributed by atoms with van der Waals surface area (Å²) < 4.78 is 1.74. The molecule has 2 heterocycles. The summed E-state index contributed by atoms with van der Waals surface area (Å²) in [5.41, 5.74) is 0.967. The minimum Gasteiger partial charge on any atom is -0.333 e. The van der Waals surface area contributed by atoms with E-state index in [2.05, 4.69) is 15.7 Å². The SMILES string of the molecule is C[C@@H](NC(=O)NCc1ccnn1C)c1cccs1. The van der Waals surface area contributed by atoms with Crippen LogP contribution in [-0.2, 0) is 13.6 Å². The Labute approximate surface area is 110 Å². The molecule has 0 bridgehead atoms. The highest BCUT2D eigenvalue weighted by Crippen LogP contribution is 2.17. The molecule has 18 heavy (non-hydrogen) atoms. The van der Waals surface area contributed by atoms with E-state index in [4.69, 9.17) is 0 Å². The van der Waals surface area contributed by atoms with E-state index in [1.165, 1.54) is 0 Å². The molecular weight excluding hydrogens is 248 g/mol. The van der Waals surface area contributed by atoms with Gasteiger partial charge >= 0.3 is 6.03 Å². The molecule has 0 aromatic carbocycles. The minimum absolute atomic E-state index is 0.0246. The molecule has 0 aliphatic heterocycles. The summed E-state index contributed by atoms with van der Waals surface area (Å²) >= 11 is 1.63. The Morgan fingerprint density at radius 1 is 1.56 bits per heavy atom. The van der Waals surface area contributed by atoms with Crippen molar-refractivity contribution in [3.63, 3.8) is 0 Å². The number of nitrogens with zero attached hydrogens (tertiary/aromatic N) is 2. The van der Waals surface area contributed by atoms with Crippen molar-refractivity contribution in [1.29, 1.82) is 0 Å². The number of hydrogen-bond acceptors (Lipinski definition) is 3. The molecule has 0 saturated heterocycles. The Morgan fingerprint density at radius 3 is 3.00 bits per heavy atom. The van der Waals surface area contributed by atoms with Gasteiger partial charge in [-0.15, -0.1) is 11.3 Å². The van der Waals surface area contributed by atoms with Crippen molar-refractivity contribution in [2.75, 3.05) is 0 Å². The van der Waals surface area contributed by atoms with Gasteiger partial charge in [0.1, 0.15) is 0 Å². The fraction of sp³-hybridized carbons (Fsp3) is 0.333. The zero-order valence-corrected chi connectivity index (χ0v) is 11.2. The summed E-state index contributed by atoms with van der Waals surface area (Å²) in [5, 5.41) is 11.8. The normalized spacial score (nSPS) is 12.1. The van der Waals surface area contributed by atoms with Gasteiger partial charge in [-0.25, -0.2) is 4.79 Å². The predicted molar refractivity (Wildman–Crippen MR) is 71.3 cm³/mol. The second-order valence-electron chi connectivity index (χ2n) is 4.01. The highest BCUT2D eigenvalue weighted by Gasteiger charge is 2.10. The molecule has 2 aromatic heterocycles. The Hall–Kier alpha value is -1.82. The number of carbonyl (C=O) groups excluding carboxylic acids is 1. The summed E-state index contributed by atoms with van der Waals surface area (Å²) in [6, 6.07) is 5.72. The van der Waals surface area contributed by atoms with Crippen LogP contribution in [0.15, 0.2) is 29.8 Å². The van der Waals surface area contributed by atoms with Crippen LogP contribution < -0.4 is 10.6 Å². The summed E-state index contributed by atoms with van der Waals surface area (Å²) in [7, 11) is 1.85. The third-order valence-electron chi connectivity index (χ3n) is 2.67. The van der Waals surface area contributed by atoms with E-state index in [0.717, 1.165) is 10.6 Å². The van der Waals surface area contributed by atoms with E-state index < -0.39 is 0 Å². The monoisotopic (exact) mass is 264 g/mol. The number of rotatable bonds is 4. The fourth-order valence-electron chi connectivity index (χ4n) is 1.60. The third kappa shape index (κ3) is 3.10. The van der Waals surface area contributed by atoms with E-state index in [0.29, 0.717) is 6.54 Å². The van der Waals surface area contributed by atoms with Crippen molar-refractivity contribution in [1.82, 2.24) is 20.4 Å². The molecule has 2 aromatic rings. The molecule has 0 aliphatic carbocycles. The predicted octanol–water partition coefficient (Wildman–Crippen LogP) is 2.04. The number of nitrogens with one attached hydrogen (secondary N) is 2. The van der Waals surface area contributed by atoms with Gasteiger partial charge in [0, 0.05) is 18.1 Å².